The van der Waals surface area contributed by atoms with Crippen LogP contribution >= 0.6 is 0 Å². The predicted octanol–water partition coefficient (Wildman–Crippen LogP) is 5.72. The molecule has 1 amide bonds. The van der Waals surface area contributed by atoms with E-state index in [4.69, 9.17) is 0 Å². The van der Waals surface area contributed by atoms with Crippen LogP contribution in [0.4, 0.5) is 11.4 Å². The van der Waals surface area contributed by atoms with Crippen LogP contribution in [0.15, 0.2) is 78.9 Å². The number of benzene rings is 4. The third kappa shape index (κ3) is 4.54. The van der Waals surface area contributed by atoms with Crippen molar-refractivity contribution < 1.29 is 13.2 Å². The molecule has 35 heavy (non-hydrogen) atoms. The molecule has 1 N–H and O–H groups in total. The first-order chi connectivity index (χ1) is 16.8. The van der Waals surface area contributed by atoms with E-state index in [1.807, 2.05) is 55.5 Å². The number of hydrogen-bond donors (Lipinski definition) is 1. The summed E-state index contributed by atoms with van der Waals surface area (Å²) >= 11 is 0. The number of para-hydroxylation sites is 1. The molecular formula is C29H28N2O3S. The molecule has 5 nitrogen and oxygen atoms in total. The summed E-state index contributed by atoms with van der Waals surface area (Å²) in [7, 11) is -3.48. The Morgan fingerprint density at radius 3 is 2.31 bits per heavy atom. The van der Waals surface area contributed by atoms with Gasteiger partial charge in [0.2, 0.25) is 10.0 Å². The fourth-order valence-electron chi connectivity index (χ4n) is 4.91. The van der Waals surface area contributed by atoms with E-state index in [-0.39, 0.29) is 12.5 Å². The average molecular weight is 485 g/mol. The largest absolute Gasteiger partial charge is 0.321 e. The van der Waals surface area contributed by atoms with Gasteiger partial charge < -0.3 is 5.32 Å². The smallest absolute Gasteiger partial charge is 0.255 e. The second kappa shape index (κ2) is 9.19. The molecule has 0 unspecified atom stereocenters. The second-order valence-corrected chi connectivity index (χ2v) is 10.9. The van der Waals surface area contributed by atoms with Crippen molar-refractivity contribution in [1.82, 2.24) is 0 Å². The number of hydrogen-bond acceptors (Lipinski definition) is 3. The van der Waals surface area contributed by atoms with Gasteiger partial charge in [0.15, 0.2) is 0 Å². The lowest BCUT2D eigenvalue weighted by Crippen LogP contribution is -2.30. The summed E-state index contributed by atoms with van der Waals surface area (Å²) in [6, 6.07) is 25.0. The van der Waals surface area contributed by atoms with Gasteiger partial charge in [0.1, 0.15) is 0 Å². The Kier molecular flexibility index (Phi) is 6.07. The minimum Gasteiger partial charge on any atom is -0.321 e. The second-order valence-electron chi connectivity index (χ2n) is 9.01. The fourth-order valence-corrected chi connectivity index (χ4v) is 5.83. The lowest BCUT2D eigenvalue weighted by Gasteiger charge is -2.25. The highest BCUT2D eigenvalue weighted by Gasteiger charge is 2.21. The van der Waals surface area contributed by atoms with Crippen molar-refractivity contribution in [3.05, 3.63) is 107 Å². The Hall–Kier alpha value is -3.64. The highest BCUT2D eigenvalue weighted by atomic mass is 32.2. The number of carbonyl (C=O) groups is 1. The molecular weight excluding hydrogens is 456 g/mol. The van der Waals surface area contributed by atoms with Crippen LogP contribution in [0.3, 0.4) is 0 Å². The predicted molar refractivity (Wildman–Crippen MR) is 143 cm³/mol. The summed E-state index contributed by atoms with van der Waals surface area (Å²) in [6.07, 6.45) is 4.04. The molecule has 178 valence electrons. The Balaban J connectivity index is 1.37. The molecule has 0 heterocycles. The number of amides is 1. The maximum Gasteiger partial charge on any atom is 0.255 e. The van der Waals surface area contributed by atoms with Crippen molar-refractivity contribution >= 4 is 38.1 Å². The van der Waals surface area contributed by atoms with E-state index in [1.54, 1.807) is 12.1 Å². The molecule has 4 aromatic rings. The van der Waals surface area contributed by atoms with E-state index in [0.717, 1.165) is 41.5 Å². The van der Waals surface area contributed by atoms with Gasteiger partial charge in [-0.05, 0) is 71.2 Å². The van der Waals surface area contributed by atoms with E-state index in [2.05, 4.69) is 23.5 Å². The van der Waals surface area contributed by atoms with Gasteiger partial charge in [-0.25, -0.2) is 8.42 Å². The summed E-state index contributed by atoms with van der Waals surface area (Å²) in [5.74, 6) is -0.188. The quantitative estimate of drug-likeness (QED) is 0.365. The van der Waals surface area contributed by atoms with Crippen LogP contribution in [0.5, 0.6) is 0 Å². The summed E-state index contributed by atoms with van der Waals surface area (Å²) in [6.45, 7) is 2.21. The molecule has 4 aromatic carbocycles. The zero-order valence-corrected chi connectivity index (χ0v) is 20.7. The van der Waals surface area contributed by atoms with Crippen molar-refractivity contribution in [2.45, 2.75) is 32.7 Å². The van der Waals surface area contributed by atoms with Crippen LogP contribution in [0.2, 0.25) is 0 Å². The number of nitrogens with one attached hydrogen (secondary N) is 1. The molecule has 1 aliphatic rings. The Bertz CT molecular complexity index is 1520. The summed E-state index contributed by atoms with van der Waals surface area (Å²) < 4.78 is 26.6. The first kappa shape index (κ1) is 23.1. The molecule has 0 aromatic heterocycles. The first-order valence-electron chi connectivity index (χ1n) is 11.8. The number of sulfonamides is 1. The Morgan fingerprint density at radius 2 is 1.60 bits per heavy atom. The van der Waals surface area contributed by atoms with E-state index in [0.29, 0.717) is 11.3 Å². The van der Waals surface area contributed by atoms with Gasteiger partial charge in [0.05, 0.1) is 18.5 Å². The molecule has 1 aliphatic carbocycles. The monoisotopic (exact) mass is 484 g/mol. The number of carbonyl (C=O) groups excluding carboxylic acids is 1. The van der Waals surface area contributed by atoms with Gasteiger partial charge in [0, 0.05) is 16.6 Å². The lowest BCUT2D eigenvalue weighted by atomic mass is 10.0. The van der Waals surface area contributed by atoms with Gasteiger partial charge in [-0.2, -0.15) is 0 Å². The van der Waals surface area contributed by atoms with Crippen molar-refractivity contribution in [2.24, 2.45) is 0 Å². The minimum absolute atomic E-state index is 0.188. The third-order valence-corrected chi connectivity index (χ3v) is 7.84. The van der Waals surface area contributed by atoms with Crippen LogP contribution in [0.25, 0.3) is 10.8 Å². The number of aryl methyl sites for hydroxylation is 3. The van der Waals surface area contributed by atoms with Crippen molar-refractivity contribution in [2.75, 3.05) is 15.9 Å². The van der Waals surface area contributed by atoms with E-state index in [1.165, 1.54) is 27.1 Å². The van der Waals surface area contributed by atoms with Crippen LogP contribution < -0.4 is 9.62 Å². The van der Waals surface area contributed by atoms with E-state index in [9.17, 15) is 13.2 Å². The summed E-state index contributed by atoms with van der Waals surface area (Å²) in [5, 5.41) is 5.39. The van der Waals surface area contributed by atoms with E-state index < -0.39 is 10.0 Å². The highest BCUT2D eigenvalue weighted by molar-refractivity contribution is 7.92. The van der Waals surface area contributed by atoms with Crippen LogP contribution in [-0.2, 0) is 35.8 Å². The van der Waals surface area contributed by atoms with Gasteiger partial charge in [-0.15, -0.1) is 0 Å². The highest BCUT2D eigenvalue weighted by Crippen LogP contribution is 2.35. The molecule has 0 saturated heterocycles. The number of nitrogens with zero attached hydrogens (tertiary/aromatic N) is 1. The summed E-state index contributed by atoms with van der Waals surface area (Å²) in [5.41, 5.74) is 6.46. The molecule has 0 atom stereocenters. The summed E-state index contributed by atoms with van der Waals surface area (Å²) in [4.78, 5) is 13.0. The number of anilines is 2. The van der Waals surface area contributed by atoms with Crippen LogP contribution in [0, 0.1) is 0 Å². The van der Waals surface area contributed by atoms with Gasteiger partial charge in [-0.3, -0.25) is 9.10 Å². The standard InChI is InChI=1S/C29H28N2O3S/c1-3-21-7-4-5-10-27(21)31(35(2,33)34)19-20-11-13-24(14-12-20)29(32)30-26-18-17-23-16-15-22-8-6-9-25(26)28(22)23/h4-14,17-18H,3,15-16,19H2,1-2H3,(H,30,32). The van der Waals surface area contributed by atoms with Crippen LogP contribution in [0.1, 0.15) is 39.5 Å². The fraction of sp³-hybridized carbons (Fsp3) is 0.207. The van der Waals surface area contributed by atoms with Gasteiger partial charge in [-0.1, -0.05) is 61.5 Å². The zero-order chi connectivity index (χ0) is 24.6. The first-order valence-corrected chi connectivity index (χ1v) is 13.7. The normalized spacial score (nSPS) is 12.6. The van der Waals surface area contributed by atoms with Crippen LogP contribution in [-0.4, -0.2) is 20.6 Å². The maximum absolute atomic E-state index is 13.0. The minimum atomic E-state index is -3.48. The van der Waals surface area contributed by atoms with Crippen molar-refractivity contribution in [3.63, 3.8) is 0 Å². The Morgan fingerprint density at radius 1 is 0.886 bits per heavy atom. The molecule has 0 spiro atoms. The molecule has 0 fully saturated rings. The van der Waals surface area contributed by atoms with Crippen molar-refractivity contribution in [3.8, 4) is 0 Å². The molecule has 5 rings (SSSR count). The van der Waals surface area contributed by atoms with Crippen molar-refractivity contribution in [1.29, 1.82) is 0 Å². The molecule has 0 saturated carbocycles. The zero-order valence-electron chi connectivity index (χ0n) is 19.9. The average Bonchev–Trinajstić information content (AvgIpc) is 3.28. The molecule has 6 heteroatoms. The molecule has 0 radical (unpaired) electrons. The lowest BCUT2D eigenvalue weighted by molar-refractivity contribution is 0.102. The SMILES string of the molecule is CCc1ccccc1N(Cc1ccc(C(=O)Nc2ccc3c4c(cccc24)CC3)cc1)S(C)(=O)=O. The third-order valence-electron chi connectivity index (χ3n) is 6.71. The molecule has 0 bridgehead atoms. The number of rotatable bonds is 7. The van der Waals surface area contributed by atoms with Gasteiger partial charge in [0.25, 0.3) is 5.91 Å². The van der Waals surface area contributed by atoms with E-state index >= 15 is 0 Å². The molecule has 0 aliphatic heterocycles. The Labute approximate surface area is 206 Å². The topological polar surface area (TPSA) is 66.5 Å². The maximum atomic E-state index is 13.0. The van der Waals surface area contributed by atoms with Gasteiger partial charge >= 0.3 is 0 Å².